The first-order valence-corrected chi connectivity index (χ1v) is 3.92. The van der Waals surface area contributed by atoms with Gasteiger partial charge in [0.1, 0.15) is 0 Å². The van der Waals surface area contributed by atoms with Crippen LogP contribution in [0.15, 0.2) is 24.3 Å². The summed E-state index contributed by atoms with van der Waals surface area (Å²) in [6, 6.07) is 7.96. The Morgan fingerprint density at radius 3 is 1.77 bits per heavy atom. The summed E-state index contributed by atoms with van der Waals surface area (Å²) in [5.74, 6) is 0. The van der Waals surface area contributed by atoms with E-state index < -0.39 is 0 Å². The third kappa shape index (κ3) is 9.01. The van der Waals surface area contributed by atoms with E-state index in [1.54, 1.807) is 0 Å². The predicted molar refractivity (Wildman–Crippen MR) is 58.2 cm³/mol. The van der Waals surface area contributed by atoms with E-state index in [1.165, 1.54) is 0 Å². The topological polar surface area (TPSA) is 12.0 Å². The summed E-state index contributed by atoms with van der Waals surface area (Å²) >= 11 is 0. The SMILES string of the molecule is CC.[CH2-]c1ccc(NC)cc1.[CH3-].[Rb+]. The van der Waals surface area contributed by atoms with Crippen LogP contribution in [0.3, 0.4) is 0 Å². The molecule has 0 fully saturated rings. The monoisotopic (exact) mass is 250 g/mol. The molecule has 0 aliphatic rings. The van der Waals surface area contributed by atoms with E-state index in [-0.39, 0.29) is 65.6 Å². The van der Waals surface area contributed by atoms with Crippen LogP contribution in [0.5, 0.6) is 0 Å². The molecule has 1 aromatic carbocycles. The van der Waals surface area contributed by atoms with Gasteiger partial charge in [0.15, 0.2) is 0 Å². The zero-order valence-corrected chi connectivity index (χ0v) is 14.4. The molecule has 70 valence electrons. The summed E-state index contributed by atoms with van der Waals surface area (Å²) in [6.45, 7) is 7.77. The van der Waals surface area contributed by atoms with E-state index in [1.807, 2.05) is 45.2 Å². The molecule has 1 aromatic rings. The Kier molecular flexibility index (Phi) is 18.8. The minimum atomic E-state index is 0. The Bertz CT molecular complexity index is 182. The number of rotatable bonds is 1. The standard InChI is InChI=1S/C8H10N.C2H6.CH3.Rb/c1-7-3-5-8(9-2)6-4-7;1-2;;/h3-6,9H,1H2,2H3;1-2H3;1H3;/q-1;;-1;+1. The van der Waals surface area contributed by atoms with E-state index in [9.17, 15) is 0 Å². The molecule has 0 saturated heterocycles. The maximum Gasteiger partial charge on any atom is 1.00 e. The van der Waals surface area contributed by atoms with Gasteiger partial charge >= 0.3 is 58.2 Å². The second kappa shape index (κ2) is 12.7. The fourth-order valence-corrected chi connectivity index (χ4v) is 0.671. The number of hydrogen-bond donors (Lipinski definition) is 1. The van der Waals surface area contributed by atoms with Crippen LogP contribution < -0.4 is 63.5 Å². The third-order valence-electron chi connectivity index (χ3n) is 1.24. The zero-order valence-electron chi connectivity index (χ0n) is 9.52. The molecule has 2 heteroatoms. The molecule has 0 aromatic heterocycles. The molecule has 0 radical (unpaired) electrons. The van der Waals surface area contributed by atoms with Crippen molar-refractivity contribution in [3.05, 3.63) is 44.2 Å². The number of hydrogen-bond acceptors (Lipinski definition) is 1. The molecule has 0 saturated carbocycles. The quantitative estimate of drug-likeness (QED) is 0.712. The molecule has 1 rings (SSSR count). The molecule has 0 amide bonds. The summed E-state index contributed by atoms with van der Waals surface area (Å²) in [7, 11) is 1.90. The predicted octanol–water partition coefficient (Wildman–Crippen LogP) is 0.391. The maximum absolute atomic E-state index is 3.77. The van der Waals surface area contributed by atoms with Crippen molar-refractivity contribution in [1.29, 1.82) is 0 Å². The van der Waals surface area contributed by atoms with Gasteiger partial charge in [-0.25, -0.2) is 0 Å². The molecule has 0 unspecified atom stereocenters. The normalized spacial score (nSPS) is 6.69. The Labute approximate surface area is 132 Å². The molecular weight excluding hydrogens is 232 g/mol. The summed E-state index contributed by atoms with van der Waals surface area (Å²) < 4.78 is 0. The van der Waals surface area contributed by atoms with Crippen molar-refractivity contribution in [2.24, 2.45) is 0 Å². The van der Waals surface area contributed by atoms with Gasteiger partial charge in [0, 0.05) is 12.7 Å². The smallest absolute Gasteiger partial charge is 0.390 e. The first kappa shape index (κ1) is 19.3. The molecule has 13 heavy (non-hydrogen) atoms. The molecular formula is C11H19NRb-. The maximum atomic E-state index is 3.77. The Morgan fingerprint density at radius 2 is 1.46 bits per heavy atom. The van der Waals surface area contributed by atoms with Crippen LogP contribution in [-0.2, 0) is 0 Å². The van der Waals surface area contributed by atoms with Crippen molar-refractivity contribution < 1.29 is 58.2 Å². The first-order chi connectivity index (χ1) is 5.33. The molecule has 1 nitrogen and oxygen atoms in total. The van der Waals surface area contributed by atoms with Gasteiger partial charge in [0.2, 0.25) is 0 Å². The molecule has 0 bridgehead atoms. The third-order valence-corrected chi connectivity index (χ3v) is 1.24. The summed E-state index contributed by atoms with van der Waals surface area (Å²) in [5, 5.41) is 3.03. The van der Waals surface area contributed by atoms with Crippen LogP contribution in [0.4, 0.5) is 5.69 Å². The van der Waals surface area contributed by atoms with Gasteiger partial charge < -0.3 is 12.7 Å². The number of anilines is 1. The Balaban J connectivity index is -0.000000234. The molecule has 1 N–H and O–H groups in total. The van der Waals surface area contributed by atoms with Crippen LogP contribution in [-0.4, -0.2) is 7.05 Å². The molecule has 0 heterocycles. The Morgan fingerprint density at radius 1 is 1.08 bits per heavy atom. The van der Waals surface area contributed by atoms with Gasteiger partial charge in [0.25, 0.3) is 0 Å². The van der Waals surface area contributed by atoms with E-state index >= 15 is 0 Å². The Hall–Kier alpha value is 0.695. The minimum absolute atomic E-state index is 0. The molecule has 0 aliphatic carbocycles. The van der Waals surface area contributed by atoms with Gasteiger partial charge in [-0.2, -0.15) is 24.6 Å². The summed E-state index contributed by atoms with van der Waals surface area (Å²) in [4.78, 5) is 0. The van der Waals surface area contributed by atoms with E-state index in [0.29, 0.717) is 0 Å². The molecule has 0 spiro atoms. The van der Waals surface area contributed by atoms with Gasteiger partial charge in [-0.1, -0.05) is 26.0 Å². The fraction of sp³-hybridized carbons (Fsp3) is 0.273. The van der Waals surface area contributed by atoms with Crippen LogP contribution in [0.2, 0.25) is 0 Å². The largest absolute Gasteiger partial charge is 1.00 e. The van der Waals surface area contributed by atoms with Crippen molar-refractivity contribution >= 4 is 5.69 Å². The second-order valence-electron chi connectivity index (χ2n) is 1.95. The summed E-state index contributed by atoms with van der Waals surface area (Å²) in [6.07, 6.45) is 0. The number of benzene rings is 1. The average Bonchev–Trinajstić information content (AvgIpc) is 2.10. The first-order valence-electron chi connectivity index (χ1n) is 3.92. The van der Waals surface area contributed by atoms with E-state index in [4.69, 9.17) is 0 Å². The molecule has 0 atom stereocenters. The van der Waals surface area contributed by atoms with Gasteiger partial charge in [-0.15, -0.1) is 0 Å². The van der Waals surface area contributed by atoms with Crippen LogP contribution in [0, 0.1) is 14.4 Å². The van der Waals surface area contributed by atoms with Gasteiger partial charge in [0.05, 0.1) is 0 Å². The number of nitrogens with one attached hydrogen (secondary N) is 1. The van der Waals surface area contributed by atoms with Crippen molar-refractivity contribution in [2.75, 3.05) is 12.4 Å². The van der Waals surface area contributed by atoms with Crippen LogP contribution >= 0.6 is 0 Å². The van der Waals surface area contributed by atoms with Crippen LogP contribution in [0.25, 0.3) is 0 Å². The second-order valence-corrected chi connectivity index (χ2v) is 1.95. The fourth-order valence-electron chi connectivity index (χ4n) is 0.671. The average molecular weight is 251 g/mol. The van der Waals surface area contributed by atoms with Crippen molar-refractivity contribution in [3.8, 4) is 0 Å². The molecule has 0 aliphatic heterocycles. The van der Waals surface area contributed by atoms with Crippen molar-refractivity contribution in [3.63, 3.8) is 0 Å². The van der Waals surface area contributed by atoms with Gasteiger partial charge in [-0.3, -0.25) is 0 Å². The zero-order chi connectivity index (χ0) is 8.69. The van der Waals surface area contributed by atoms with Crippen LogP contribution in [0.1, 0.15) is 19.4 Å². The summed E-state index contributed by atoms with van der Waals surface area (Å²) in [5.41, 5.74) is 2.18. The van der Waals surface area contributed by atoms with E-state index in [0.717, 1.165) is 11.3 Å². The van der Waals surface area contributed by atoms with Crippen molar-refractivity contribution in [2.45, 2.75) is 13.8 Å². The van der Waals surface area contributed by atoms with Gasteiger partial charge in [-0.05, 0) is 0 Å². The van der Waals surface area contributed by atoms with E-state index in [2.05, 4.69) is 12.2 Å². The van der Waals surface area contributed by atoms with Crippen molar-refractivity contribution in [1.82, 2.24) is 0 Å². The minimum Gasteiger partial charge on any atom is -0.390 e.